The third-order valence-corrected chi connectivity index (χ3v) is 9.72. The van der Waals surface area contributed by atoms with E-state index in [1.165, 1.54) is 18.6 Å². The maximum atomic E-state index is 13.5. The van der Waals surface area contributed by atoms with Crippen molar-refractivity contribution in [2.75, 3.05) is 0 Å². The molecule has 5 heteroatoms. The van der Waals surface area contributed by atoms with Crippen LogP contribution in [0, 0.1) is 34.5 Å². The van der Waals surface area contributed by atoms with E-state index >= 15 is 0 Å². The molecule has 4 fully saturated rings. The number of Topliss-reactive ketones (excluding diaryl/α,β-unsaturated/α-hetero) is 1. The molecule has 1 N–H and O–H groups in total. The summed E-state index contributed by atoms with van der Waals surface area (Å²) in [6.07, 6.45) is 9.97. The first-order chi connectivity index (χ1) is 15.2. The monoisotopic (exact) mass is 444 g/mol. The SMILES string of the molecule is C[C@]12CC[C@H](O)C[C@@H]1CC[C@@H]1[C@@H]2CC[C@]2(C)C(=O)/C(=C/c3ccc(OC(F)F)cc3)C[C@@H]12. The number of ether oxygens (including phenoxy) is 1. The van der Waals surface area contributed by atoms with Crippen LogP contribution in [0.15, 0.2) is 29.8 Å². The van der Waals surface area contributed by atoms with E-state index in [2.05, 4.69) is 18.6 Å². The van der Waals surface area contributed by atoms with Crippen molar-refractivity contribution in [1.82, 2.24) is 0 Å². The fourth-order valence-corrected chi connectivity index (χ4v) is 7.98. The largest absolute Gasteiger partial charge is 0.435 e. The summed E-state index contributed by atoms with van der Waals surface area (Å²) >= 11 is 0. The number of hydrogen-bond acceptors (Lipinski definition) is 3. The standard InChI is InChI=1S/C27H34F2O3/c1-26-11-9-19(30)15-18(26)5-8-21-22(26)10-12-27(2)23(21)14-17(24(27)31)13-16-3-6-20(7-4-16)32-25(28)29/h3-4,6-7,13,18-19,21-23,25,30H,5,8-12,14-15H2,1-2H3/b17-13+/t18-,19-,21+,22-,23-,26-,27-/m0/s1. The quantitative estimate of drug-likeness (QED) is 0.560. The van der Waals surface area contributed by atoms with E-state index in [0.29, 0.717) is 29.1 Å². The van der Waals surface area contributed by atoms with Crippen molar-refractivity contribution in [3.8, 4) is 5.75 Å². The molecule has 0 saturated heterocycles. The van der Waals surface area contributed by atoms with Gasteiger partial charge in [-0.3, -0.25) is 4.79 Å². The van der Waals surface area contributed by atoms with E-state index < -0.39 is 6.61 Å². The molecule has 0 aliphatic heterocycles. The molecule has 0 unspecified atom stereocenters. The zero-order valence-corrected chi connectivity index (χ0v) is 19.0. The van der Waals surface area contributed by atoms with Gasteiger partial charge in [-0.05, 0) is 110 Å². The number of ketones is 1. The van der Waals surface area contributed by atoms with E-state index in [-0.39, 0.29) is 23.1 Å². The molecule has 0 amide bonds. The van der Waals surface area contributed by atoms with E-state index in [4.69, 9.17) is 0 Å². The third-order valence-electron chi connectivity index (χ3n) is 9.72. The number of aliphatic hydroxyl groups is 1. The predicted molar refractivity (Wildman–Crippen MR) is 119 cm³/mol. The van der Waals surface area contributed by atoms with Crippen molar-refractivity contribution in [3.63, 3.8) is 0 Å². The summed E-state index contributed by atoms with van der Waals surface area (Å²) < 4.78 is 29.2. The minimum absolute atomic E-state index is 0.131. The van der Waals surface area contributed by atoms with Crippen molar-refractivity contribution >= 4 is 11.9 Å². The van der Waals surface area contributed by atoms with Gasteiger partial charge in [-0.25, -0.2) is 0 Å². The lowest BCUT2D eigenvalue weighted by molar-refractivity contribution is -0.141. The molecule has 0 aromatic heterocycles. The maximum absolute atomic E-state index is 13.5. The van der Waals surface area contributed by atoms with Crippen molar-refractivity contribution < 1.29 is 23.4 Å². The normalized spacial score (nSPS) is 42.5. The van der Waals surface area contributed by atoms with Crippen LogP contribution in [0.3, 0.4) is 0 Å². The predicted octanol–water partition coefficient (Wildman–Crippen LogP) is 6.25. The minimum atomic E-state index is -2.84. The topological polar surface area (TPSA) is 46.5 Å². The first kappa shape index (κ1) is 22.1. The lowest BCUT2D eigenvalue weighted by atomic mass is 9.45. The van der Waals surface area contributed by atoms with Crippen molar-refractivity contribution in [1.29, 1.82) is 0 Å². The Kier molecular flexibility index (Phi) is 5.47. The Balaban J connectivity index is 1.38. The number of benzene rings is 1. The maximum Gasteiger partial charge on any atom is 0.387 e. The highest BCUT2D eigenvalue weighted by molar-refractivity contribution is 6.05. The highest BCUT2D eigenvalue weighted by Crippen LogP contribution is 2.66. The smallest absolute Gasteiger partial charge is 0.387 e. The number of allylic oxidation sites excluding steroid dienone is 1. The van der Waals surface area contributed by atoms with Gasteiger partial charge in [0.15, 0.2) is 5.78 Å². The number of fused-ring (bicyclic) bond motifs is 5. The molecule has 5 rings (SSSR count). The summed E-state index contributed by atoms with van der Waals surface area (Å²) in [4.78, 5) is 13.5. The van der Waals surface area contributed by atoms with Crippen molar-refractivity contribution in [2.24, 2.45) is 34.5 Å². The number of carbonyl (C=O) groups excluding carboxylic acids is 1. The van der Waals surface area contributed by atoms with Crippen molar-refractivity contribution in [3.05, 3.63) is 35.4 Å². The van der Waals surface area contributed by atoms with Crippen LogP contribution in [0.2, 0.25) is 0 Å². The lowest BCUT2D eigenvalue weighted by Crippen LogP contribution is -2.54. The molecule has 4 aliphatic rings. The summed E-state index contributed by atoms with van der Waals surface area (Å²) in [6, 6.07) is 6.54. The molecule has 0 bridgehead atoms. The number of hydrogen-bond donors (Lipinski definition) is 1. The van der Waals surface area contributed by atoms with Gasteiger partial charge in [0, 0.05) is 5.41 Å². The van der Waals surface area contributed by atoms with Crippen LogP contribution in [0.5, 0.6) is 5.75 Å². The van der Waals surface area contributed by atoms with Crippen molar-refractivity contribution in [2.45, 2.75) is 77.9 Å². The van der Waals surface area contributed by atoms with Gasteiger partial charge in [0.05, 0.1) is 6.10 Å². The number of alkyl halides is 2. The Labute approximate surface area is 189 Å². The Morgan fingerprint density at radius 2 is 1.81 bits per heavy atom. The van der Waals surface area contributed by atoms with Gasteiger partial charge in [0.1, 0.15) is 5.75 Å². The van der Waals surface area contributed by atoms with Crippen LogP contribution in [0.25, 0.3) is 6.08 Å². The molecule has 4 saturated carbocycles. The molecule has 0 radical (unpaired) electrons. The van der Waals surface area contributed by atoms with Gasteiger partial charge in [-0.2, -0.15) is 8.78 Å². The molecule has 7 atom stereocenters. The summed E-state index contributed by atoms with van der Waals surface area (Å²) in [7, 11) is 0. The molecule has 3 nitrogen and oxygen atoms in total. The van der Waals surface area contributed by atoms with Crippen LogP contribution >= 0.6 is 0 Å². The van der Waals surface area contributed by atoms with Crippen LogP contribution in [0.4, 0.5) is 8.78 Å². The van der Waals surface area contributed by atoms with Gasteiger partial charge in [0.25, 0.3) is 0 Å². The van der Waals surface area contributed by atoms with Crippen LogP contribution in [-0.2, 0) is 4.79 Å². The van der Waals surface area contributed by atoms with Crippen LogP contribution in [0.1, 0.15) is 70.8 Å². The number of rotatable bonds is 3. The van der Waals surface area contributed by atoms with E-state index in [1.807, 2.05) is 6.08 Å². The fraction of sp³-hybridized carbons (Fsp3) is 0.667. The molecule has 4 aliphatic carbocycles. The summed E-state index contributed by atoms with van der Waals surface area (Å²) in [5.41, 5.74) is 1.74. The second kappa shape index (κ2) is 7.93. The number of aliphatic hydroxyl groups excluding tert-OH is 1. The minimum Gasteiger partial charge on any atom is -0.435 e. The Morgan fingerprint density at radius 1 is 1.06 bits per heavy atom. The fourth-order valence-electron chi connectivity index (χ4n) is 7.98. The van der Waals surface area contributed by atoms with Gasteiger partial charge >= 0.3 is 6.61 Å². The van der Waals surface area contributed by atoms with E-state index in [0.717, 1.165) is 56.1 Å². The van der Waals surface area contributed by atoms with Crippen LogP contribution < -0.4 is 4.74 Å². The molecule has 174 valence electrons. The molecule has 0 spiro atoms. The van der Waals surface area contributed by atoms with Gasteiger partial charge in [0.2, 0.25) is 0 Å². The first-order valence-electron chi connectivity index (χ1n) is 12.2. The summed E-state index contributed by atoms with van der Waals surface area (Å²) in [5, 5.41) is 10.2. The second-order valence-electron chi connectivity index (χ2n) is 11.2. The zero-order chi connectivity index (χ0) is 22.7. The molecule has 1 aromatic carbocycles. The highest BCUT2D eigenvalue weighted by Gasteiger charge is 2.61. The van der Waals surface area contributed by atoms with Gasteiger partial charge in [-0.1, -0.05) is 26.0 Å². The Morgan fingerprint density at radius 3 is 2.53 bits per heavy atom. The average Bonchev–Trinajstić information content (AvgIpc) is 3.00. The molecular weight excluding hydrogens is 410 g/mol. The van der Waals surface area contributed by atoms with Crippen LogP contribution in [-0.4, -0.2) is 23.6 Å². The lowest BCUT2D eigenvalue weighted by Gasteiger charge is -2.59. The van der Waals surface area contributed by atoms with E-state index in [1.54, 1.807) is 12.1 Å². The number of halogens is 2. The molecule has 32 heavy (non-hydrogen) atoms. The Bertz CT molecular complexity index is 910. The first-order valence-corrected chi connectivity index (χ1v) is 12.2. The van der Waals surface area contributed by atoms with Gasteiger partial charge in [-0.15, -0.1) is 0 Å². The molecule has 1 aromatic rings. The second-order valence-corrected chi connectivity index (χ2v) is 11.2. The average molecular weight is 445 g/mol. The Hall–Kier alpha value is -1.75. The summed E-state index contributed by atoms with van der Waals surface area (Å²) in [5.74, 6) is 2.61. The third kappa shape index (κ3) is 3.52. The zero-order valence-electron chi connectivity index (χ0n) is 19.0. The molecular formula is C27H34F2O3. The molecule has 0 heterocycles. The highest BCUT2D eigenvalue weighted by atomic mass is 19.3. The van der Waals surface area contributed by atoms with E-state index in [9.17, 15) is 18.7 Å². The number of carbonyl (C=O) groups is 1. The van der Waals surface area contributed by atoms with Gasteiger partial charge < -0.3 is 9.84 Å². The summed E-state index contributed by atoms with van der Waals surface area (Å²) in [6.45, 7) is 1.80.